The van der Waals surface area contributed by atoms with Crippen LogP contribution in [0.1, 0.15) is 22.9 Å². The average Bonchev–Trinajstić information content (AvgIpc) is 3.59. The van der Waals surface area contributed by atoms with E-state index in [-0.39, 0.29) is 6.17 Å². The smallest absolute Gasteiger partial charge is 0.159 e. The molecule has 0 spiro atoms. The second-order valence-corrected chi connectivity index (χ2v) is 13.0. The first-order valence-electron chi connectivity index (χ1n) is 17.3. The van der Waals surface area contributed by atoms with Gasteiger partial charge in [0.25, 0.3) is 0 Å². The Balaban J connectivity index is 1.24. The molecule has 1 N–H and O–H groups in total. The lowest BCUT2D eigenvalue weighted by molar-refractivity contribution is 0.668. The minimum Gasteiger partial charge on any atom is -0.456 e. The van der Waals surface area contributed by atoms with Crippen molar-refractivity contribution in [1.82, 2.24) is 5.32 Å². The van der Waals surface area contributed by atoms with Crippen molar-refractivity contribution in [2.75, 3.05) is 0 Å². The molecule has 0 fully saturated rings. The summed E-state index contributed by atoms with van der Waals surface area (Å²) in [7, 11) is 0. The lowest BCUT2D eigenvalue weighted by Gasteiger charge is -2.25. The molecule has 0 saturated heterocycles. The average molecular weight is 654 g/mol. The first-order chi connectivity index (χ1) is 25.3. The summed E-state index contributed by atoms with van der Waals surface area (Å²) in [5, 5.41) is 10.7. The Kier molecular flexibility index (Phi) is 6.85. The fourth-order valence-corrected chi connectivity index (χ4v) is 7.52. The van der Waals surface area contributed by atoms with Crippen molar-refractivity contribution in [3.05, 3.63) is 193 Å². The summed E-state index contributed by atoms with van der Waals surface area (Å²) >= 11 is 0. The fourth-order valence-electron chi connectivity index (χ4n) is 7.52. The van der Waals surface area contributed by atoms with Crippen molar-refractivity contribution in [2.45, 2.75) is 6.17 Å². The zero-order valence-electron chi connectivity index (χ0n) is 27.6. The maximum absolute atomic E-state index is 6.50. The zero-order valence-corrected chi connectivity index (χ0v) is 27.6. The predicted molar refractivity (Wildman–Crippen MR) is 211 cm³/mol. The van der Waals surface area contributed by atoms with Gasteiger partial charge in [-0.3, -0.25) is 0 Å². The van der Waals surface area contributed by atoms with E-state index in [0.29, 0.717) is 5.84 Å². The van der Waals surface area contributed by atoms with Crippen molar-refractivity contribution in [1.29, 1.82) is 0 Å². The quantitative estimate of drug-likeness (QED) is 0.188. The van der Waals surface area contributed by atoms with Gasteiger partial charge >= 0.3 is 0 Å². The Morgan fingerprint density at radius 2 is 1.10 bits per heavy atom. The topological polar surface area (TPSA) is 49.9 Å². The number of benzene rings is 8. The van der Waals surface area contributed by atoms with E-state index in [1.54, 1.807) is 0 Å². The van der Waals surface area contributed by atoms with E-state index >= 15 is 0 Å². The zero-order chi connectivity index (χ0) is 33.7. The number of para-hydroxylation sites is 1. The second kappa shape index (κ2) is 12.0. The molecule has 1 aromatic heterocycles. The molecule has 1 atom stereocenters. The van der Waals surface area contributed by atoms with E-state index < -0.39 is 0 Å². The predicted octanol–water partition coefficient (Wildman–Crippen LogP) is 11.7. The minimum absolute atomic E-state index is 0.350. The van der Waals surface area contributed by atoms with E-state index in [9.17, 15) is 0 Å². The summed E-state index contributed by atoms with van der Waals surface area (Å²) in [5.74, 6) is 1.43. The number of aliphatic imine (C=N–C) groups is 2. The summed E-state index contributed by atoms with van der Waals surface area (Å²) in [6, 6.07) is 61.6. The Bertz CT molecular complexity index is 2820. The largest absolute Gasteiger partial charge is 0.456 e. The molecule has 0 amide bonds. The van der Waals surface area contributed by atoms with Gasteiger partial charge in [0.15, 0.2) is 5.84 Å². The van der Waals surface area contributed by atoms with Gasteiger partial charge in [0.2, 0.25) is 0 Å². The molecule has 0 saturated carbocycles. The summed E-state index contributed by atoms with van der Waals surface area (Å²) in [6.45, 7) is 0. The van der Waals surface area contributed by atoms with E-state index in [1.807, 2.05) is 24.3 Å². The van der Waals surface area contributed by atoms with Gasteiger partial charge in [-0.05, 0) is 73.6 Å². The lowest BCUT2D eigenvalue weighted by Crippen LogP contribution is -2.34. The third-order valence-corrected chi connectivity index (χ3v) is 9.95. The highest BCUT2D eigenvalue weighted by atomic mass is 16.3. The number of fused-ring (bicyclic) bond motifs is 6. The summed E-state index contributed by atoms with van der Waals surface area (Å²) in [6.07, 6.45) is -0.350. The van der Waals surface area contributed by atoms with Crippen LogP contribution < -0.4 is 5.32 Å². The number of hydrogen-bond acceptors (Lipinski definition) is 4. The van der Waals surface area contributed by atoms with E-state index in [2.05, 4.69) is 157 Å². The molecule has 10 rings (SSSR count). The van der Waals surface area contributed by atoms with Crippen LogP contribution in [0.4, 0.5) is 0 Å². The highest BCUT2D eigenvalue weighted by molar-refractivity contribution is 6.26. The van der Waals surface area contributed by atoms with Crippen LogP contribution in [0.2, 0.25) is 0 Å². The van der Waals surface area contributed by atoms with Crippen molar-refractivity contribution in [3.63, 3.8) is 0 Å². The van der Waals surface area contributed by atoms with Crippen LogP contribution in [-0.2, 0) is 0 Å². The Morgan fingerprint density at radius 1 is 0.471 bits per heavy atom. The van der Waals surface area contributed by atoms with E-state index in [4.69, 9.17) is 14.4 Å². The number of hydrogen-bond donors (Lipinski definition) is 1. The number of furan rings is 1. The van der Waals surface area contributed by atoms with Gasteiger partial charge in [0, 0.05) is 21.9 Å². The standard InChI is InChI=1S/C47H31N3O/c1-3-13-30(14-4-1)31-23-25-33(26-24-31)46-48-45(32-15-5-2-6-16-32)49-47(50-46)44-38(27-28-42-43(44)39-21-11-12-22-41(39)51-42)40-29-34-17-7-8-18-35(34)36-19-9-10-20-37(36)40/h1-29,45H,(H,48,49,50). The third-order valence-electron chi connectivity index (χ3n) is 9.95. The van der Waals surface area contributed by atoms with Crippen LogP contribution in [-0.4, -0.2) is 11.7 Å². The maximum atomic E-state index is 6.50. The highest BCUT2D eigenvalue weighted by Crippen LogP contribution is 2.42. The van der Waals surface area contributed by atoms with Gasteiger partial charge in [-0.1, -0.05) is 152 Å². The molecule has 4 heteroatoms. The molecule has 0 aliphatic carbocycles. The molecule has 1 aliphatic rings. The van der Waals surface area contributed by atoms with Crippen LogP contribution in [0.3, 0.4) is 0 Å². The van der Waals surface area contributed by atoms with Gasteiger partial charge < -0.3 is 9.73 Å². The monoisotopic (exact) mass is 653 g/mol. The molecule has 8 aromatic carbocycles. The molecule has 0 radical (unpaired) electrons. The molecule has 1 unspecified atom stereocenters. The normalized spacial score (nSPS) is 14.5. The molecule has 2 heterocycles. The molecule has 4 nitrogen and oxygen atoms in total. The molecule has 9 aromatic rings. The summed E-state index contributed by atoms with van der Waals surface area (Å²) in [4.78, 5) is 10.6. The van der Waals surface area contributed by atoms with Gasteiger partial charge in [-0.15, -0.1) is 0 Å². The van der Waals surface area contributed by atoms with Gasteiger partial charge in [-0.2, -0.15) is 0 Å². The number of nitrogens with zero attached hydrogens (tertiary/aromatic N) is 2. The van der Waals surface area contributed by atoms with Crippen molar-refractivity contribution < 1.29 is 4.42 Å². The highest BCUT2D eigenvalue weighted by Gasteiger charge is 2.27. The van der Waals surface area contributed by atoms with Gasteiger partial charge in [0.1, 0.15) is 23.2 Å². The summed E-state index contributed by atoms with van der Waals surface area (Å²) < 4.78 is 6.50. The minimum atomic E-state index is -0.350. The van der Waals surface area contributed by atoms with Crippen molar-refractivity contribution >= 4 is 55.2 Å². The van der Waals surface area contributed by atoms with Crippen LogP contribution in [0.5, 0.6) is 0 Å². The number of rotatable bonds is 5. The molecule has 240 valence electrons. The lowest BCUT2D eigenvalue weighted by atomic mass is 9.88. The fraction of sp³-hybridized carbons (Fsp3) is 0.0213. The molecule has 0 bridgehead atoms. The van der Waals surface area contributed by atoms with Crippen LogP contribution >= 0.6 is 0 Å². The Hall–Kier alpha value is -6.78. The number of amidine groups is 2. The molecule has 1 aliphatic heterocycles. The Labute approximate surface area is 295 Å². The molecule has 51 heavy (non-hydrogen) atoms. The van der Waals surface area contributed by atoms with E-state index in [0.717, 1.165) is 61.2 Å². The Morgan fingerprint density at radius 3 is 1.90 bits per heavy atom. The van der Waals surface area contributed by atoms with Crippen molar-refractivity contribution in [2.24, 2.45) is 9.98 Å². The van der Waals surface area contributed by atoms with Crippen LogP contribution in [0, 0.1) is 0 Å². The molecular weight excluding hydrogens is 623 g/mol. The maximum Gasteiger partial charge on any atom is 0.159 e. The number of nitrogens with one attached hydrogen (secondary N) is 1. The first kappa shape index (κ1) is 29.2. The third kappa shape index (κ3) is 5.00. The van der Waals surface area contributed by atoms with Crippen LogP contribution in [0.25, 0.3) is 65.7 Å². The SMILES string of the molecule is c1ccc(-c2ccc(C3=NC(c4ccccc4)NC(c4c(-c5cc6ccccc6c6ccccc56)ccc5oc6ccccc6c45)=N3)cc2)cc1. The van der Waals surface area contributed by atoms with Crippen molar-refractivity contribution in [3.8, 4) is 22.3 Å². The molecular formula is C47H31N3O. The second-order valence-electron chi connectivity index (χ2n) is 13.0. The van der Waals surface area contributed by atoms with Gasteiger partial charge in [-0.25, -0.2) is 9.98 Å². The summed E-state index contributed by atoms with van der Waals surface area (Å²) in [5.41, 5.74) is 9.21. The van der Waals surface area contributed by atoms with Crippen LogP contribution in [0.15, 0.2) is 190 Å². The first-order valence-corrected chi connectivity index (χ1v) is 17.3. The van der Waals surface area contributed by atoms with E-state index in [1.165, 1.54) is 27.1 Å². The van der Waals surface area contributed by atoms with Gasteiger partial charge in [0.05, 0.1) is 0 Å².